The number of amides is 4. The van der Waals surface area contributed by atoms with Crippen molar-refractivity contribution in [2.75, 3.05) is 19.0 Å². The number of carbonyl (C=O) groups is 3. The van der Waals surface area contributed by atoms with Crippen molar-refractivity contribution >= 4 is 41.2 Å². The van der Waals surface area contributed by atoms with Gasteiger partial charge in [0.2, 0.25) is 5.91 Å². The summed E-state index contributed by atoms with van der Waals surface area (Å²) in [5.41, 5.74) is 2.26. The van der Waals surface area contributed by atoms with E-state index in [0.717, 1.165) is 10.5 Å². The summed E-state index contributed by atoms with van der Waals surface area (Å²) in [4.78, 5) is 37.7. The number of halogens is 1. The molecule has 1 aliphatic rings. The summed E-state index contributed by atoms with van der Waals surface area (Å²) in [7, 11) is 1.50. The summed E-state index contributed by atoms with van der Waals surface area (Å²) in [6.45, 7) is 1.51. The zero-order valence-electron chi connectivity index (χ0n) is 15.3. The SMILES string of the molecule is COc1ccc(/C=C2/NC(=O)N(CC(=O)Nc3cccc(C)c3)C2=O)cc1Cl. The third-order valence-electron chi connectivity index (χ3n) is 4.05. The van der Waals surface area contributed by atoms with Gasteiger partial charge < -0.3 is 15.4 Å². The third kappa shape index (κ3) is 4.32. The molecule has 0 spiro atoms. The number of anilines is 1. The first kappa shape index (κ1) is 19.4. The minimum atomic E-state index is -0.657. The van der Waals surface area contributed by atoms with Crippen LogP contribution in [0.5, 0.6) is 5.75 Å². The largest absolute Gasteiger partial charge is 0.495 e. The molecule has 1 aliphatic heterocycles. The summed E-state index contributed by atoms with van der Waals surface area (Å²) < 4.78 is 5.08. The number of rotatable bonds is 5. The Morgan fingerprint density at radius 1 is 1.25 bits per heavy atom. The molecule has 4 amide bonds. The van der Waals surface area contributed by atoms with Crippen LogP contribution in [0.3, 0.4) is 0 Å². The third-order valence-corrected chi connectivity index (χ3v) is 4.35. The number of hydrogen-bond acceptors (Lipinski definition) is 4. The second kappa shape index (κ2) is 8.14. The van der Waals surface area contributed by atoms with Crippen LogP contribution in [0.2, 0.25) is 5.02 Å². The quantitative estimate of drug-likeness (QED) is 0.597. The van der Waals surface area contributed by atoms with Gasteiger partial charge in [0, 0.05) is 5.69 Å². The zero-order valence-corrected chi connectivity index (χ0v) is 16.0. The number of nitrogens with zero attached hydrogens (tertiary/aromatic N) is 1. The van der Waals surface area contributed by atoms with E-state index in [1.165, 1.54) is 13.2 Å². The highest BCUT2D eigenvalue weighted by Crippen LogP contribution is 2.26. The number of imide groups is 1. The number of carbonyl (C=O) groups excluding carboxylic acids is 3. The predicted molar refractivity (Wildman–Crippen MR) is 106 cm³/mol. The lowest BCUT2D eigenvalue weighted by molar-refractivity contribution is -0.127. The Morgan fingerprint density at radius 2 is 2.04 bits per heavy atom. The number of benzene rings is 2. The maximum absolute atomic E-state index is 12.5. The van der Waals surface area contributed by atoms with Gasteiger partial charge >= 0.3 is 6.03 Å². The van der Waals surface area contributed by atoms with E-state index in [2.05, 4.69) is 10.6 Å². The normalized spacial score (nSPS) is 15.0. The second-order valence-electron chi connectivity index (χ2n) is 6.19. The van der Waals surface area contributed by atoms with Gasteiger partial charge in [-0.2, -0.15) is 0 Å². The molecule has 144 valence electrons. The number of nitrogens with one attached hydrogen (secondary N) is 2. The average Bonchev–Trinajstić information content (AvgIpc) is 2.89. The van der Waals surface area contributed by atoms with Crippen molar-refractivity contribution < 1.29 is 19.1 Å². The van der Waals surface area contributed by atoms with Crippen molar-refractivity contribution in [1.82, 2.24) is 10.2 Å². The molecule has 28 heavy (non-hydrogen) atoms. The monoisotopic (exact) mass is 399 g/mol. The summed E-state index contributed by atoms with van der Waals surface area (Å²) in [5, 5.41) is 5.52. The Balaban J connectivity index is 1.71. The van der Waals surface area contributed by atoms with Crippen LogP contribution in [-0.2, 0) is 9.59 Å². The van der Waals surface area contributed by atoms with Crippen LogP contribution in [-0.4, -0.2) is 36.4 Å². The van der Waals surface area contributed by atoms with Crippen LogP contribution in [0.25, 0.3) is 6.08 Å². The standard InChI is InChI=1S/C20H18ClN3O4/c1-12-4-3-5-14(8-12)22-18(25)11-24-19(26)16(23-20(24)27)10-13-6-7-17(28-2)15(21)9-13/h3-10H,11H2,1-2H3,(H,22,25)(H,23,27)/b16-10+. The highest BCUT2D eigenvalue weighted by molar-refractivity contribution is 6.32. The number of methoxy groups -OCH3 is 1. The van der Waals surface area contributed by atoms with Crippen LogP contribution >= 0.6 is 11.6 Å². The molecule has 2 aromatic rings. The number of urea groups is 1. The number of aryl methyl sites for hydroxylation is 1. The van der Waals surface area contributed by atoms with Gasteiger partial charge in [-0.1, -0.05) is 29.8 Å². The molecule has 7 nitrogen and oxygen atoms in total. The Kier molecular flexibility index (Phi) is 5.65. The van der Waals surface area contributed by atoms with Crippen LogP contribution in [0, 0.1) is 6.92 Å². The highest BCUT2D eigenvalue weighted by Gasteiger charge is 2.34. The lowest BCUT2D eigenvalue weighted by Gasteiger charge is -2.12. The minimum Gasteiger partial charge on any atom is -0.495 e. The van der Waals surface area contributed by atoms with E-state index in [-0.39, 0.29) is 12.2 Å². The average molecular weight is 400 g/mol. The van der Waals surface area contributed by atoms with E-state index in [4.69, 9.17) is 16.3 Å². The van der Waals surface area contributed by atoms with Crippen LogP contribution in [0.1, 0.15) is 11.1 Å². The number of ether oxygens (including phenoxy) is 1. The Bertz CT molecular complexity index is 987. The van der Waals surface area contributed by atoms with Crippen molar-refractivity contribution in [3.05, 3.63) is 64.3 Å². The molecular weight excluding hydrogens is 382 g/mol. The predicted octanol–water partition coefficient (Wildman–Crippen LogP) is 3.19. The van der Waals surface area contributed by atoms with Gasteiger partial charge in [0.05, 0.1) is 12.1 Å². The van der Waals surface area contributed by atoms with E-state index in [9.17, 15) is 14.4 Å². The fourth-order valence-electron chi connectivity index (χ4n) is 2.72. The minimum absolute atomic E-state index is 0.0644. The van der Waals surface area contributed by atoms with Crippen molar-refractivity contribution in [2.24, 2.45) is 0 Å². The second-order valence-corrected chi connectivity index (χ2v) is 6.60. The molecule has 0 atom stereocenters. The molecule has 1 heterocycles. The van der Waals surface area contributed by atoms with Gasteiger partial charge in [-0.25, -0.2) is 9.69 Å². The maximum atomic E-state index is 12.5. The fraction of sp³-hybridized carbons (Fsp3) is 0.150. The summed E-state index contributed by atoms with van der Waals surface area (Å²) in [6, 6.07) is 11.5. The lowest BCUT2D eigenvalue weighted by Crippen LogP contribution is -2.38. The van der Waals surface area contributed by atoms with Gasteiger partial charge in [0.25, 0.3) is 5.91 Å². The van der Waals surface area contributed by atoms with Gasteiger partial charge in [-0.15, -0.1) is 0 Å². The summed E-state index contributed by atoms with van der Waals surface area (Å²) in [5.74, 6) is -0.556. The molecule has 0 radical (unpaired) electrons. The zero-order chi connectivity index (χ0) is 20.3. The molecule has 3 rings (SSSR count). The molecule has 0 aromatic heterocycles. The van der Waals surface area contributed by atoms with E-state index in [1.54, 1.807) is 36.4 Å². The first-order chi connectivity index (χ1) is 13.4. The van der Waals surface area contributed by atoms with Crippen LogP contribution in [0.15, 0.2) is 48.2 Å². The molecule has 0 aliphatic carbocycles. The smallest absolute Gasteiger partial charge is 0.329 e. The topological polar surface area (TPSA) is 87.7 Å². The van der Waals surface area contributed by atoms with Crippen molar-refractivity contribution in [3.8, 4) is 5.75 Å². The van der Waals surface area contributed by atoms with Crippen molar-refractivity contribution in [1.29, 1.82) is 0 Å². The van der Waals surface area contributed by atoms with Crippen molar-refractivity contribution in [3.63, 3.8) is 0 Å². The molecule has 2 aromatic carbocycles. The molecule has 0 unspecified atom stereocenters. The van der Waals surface area contributed by atoms with E-state index in [0.29, 0.717) is 22.0 Å². The summed E-state index contributed by atoms with van der Waals surface area (Å²) >= 11 is 6.08. The molecule has 1 fully saturated rings. The lowest BCUT2D eigenvalue weighted by atomic mass is 10.2. The molecule has 0 saturated carbocycles. The van der Waals surface area contributed by atoms with Gasteiger partial charge in [0.15, 0.2) is 0 Å². The Hall–Kier alpha value is -3.32. The molecular formula is C20H18ClN3O4. The molecule has 8 heteroatoms. The van der Waals surface area contributed by atoms with Gasteiger partial charge in [-0.3, -0.25) is 9.59 Å². The van der Waals surface area contributed by atoms with Crippen LogP contribution in [0.4, 0.5) is 10.5 Å². The first-order valence-electron chi connectivity index (χ1n) is 8.42. The van der Waals surface area contributed by atoms with Crippen molar-refractivity contribution in [2.45, 2.75) is 6.92 Å². The van der Waals surface area contributed by atoms with Crippen LogP contribution < -0.4 is 15.4 Å². The van der Waals surface area contributed by atoms with E-state index < -0.39 is 17.8 Å². The van der Waals surface area contributed by atoms with Gasteiger partial charge in [-0.05, 0) is 48.4 Å². The van der Waals surface area contributed by atoms with E-state index >= 15 is 0 Å². The molecule has 1 saturated heterocycles. The molecule has 0 bridgehead atoms. The molecule has 2 N–H and O–H groups in total. The van der Waals surface area contributed by atoms with Gasteiger partial charge in [0.1, 0.15) is 18.0 Å². The maximum Gasteiger partial charge on any atom is 0.329 e. The summed E-state index contributed by atoms with van der Waals surface area (Å²) in [6.07, 6.45) is 1.49. The Labute approximate surface area is 166 Å². The van der Waals surface area contributed by atoms with E-state index in [1.807, 2.05) is 13.0 Å². The number of hydrogen-bond donors (Lipinski definition) is 2. The highest BCUT2D eigenvalue weighted by atomic mass is 35.5. The fourth-order valence-corrected chi connectivity index (χ4v) is 2.99. The Morgan fingerprint density at radius 3 is 2.71 bits per heavy atom. The first-order valence-corrected chi connectivity index (χ1v) is 8.80.